The first-order chi connectivity index (χ1) is 11.2. The Labute approximate surface area is 137 Å². The van der Waals surface area contributed by atoms with Gasteiger partial charge in [0.1, 0.15) is 0 Å². The maximum absolute atomic E-state index is 9.74. The summed E-state index contributed by atoms with van der Waals surface area (Å²) in [4.78, 5) is 0. The Balaban J connectivity index is 1.63. The van der Waals surface area contributed by atoms with Crippen LogP contribution in [0.2, 0.25) is 0 Å². The highest BCUT2D eigenvalue weighted by atomic mass is 16.5. The molecule has 3 rings (SSSR count). The normalized spacial score (nSPS) is 17.3. The molecular formula is C18H25N3O2. The summed E-state index contributed by atoms with van der Waals surface area (Å²) < 4.78 is 5.41. The average Bonchev–Trinajstić information content (AvgIpc) is 3.05. The van der Waals surface area contributed by atoms with Crippen LogP contribution >= 0.6 is 0 Å². The standard InChI is InChI=1S/C18H25N3O2/c1-14-2-4-15(5-3-14)17-16(11-20-21-17)10-19-12-18(13-22)6-8-23-9-7-18/h2-5,11,19,22H,6-10,12-13H2,1H3,(H,20,21). The Bertz CT molecular complexity index is 615. The highest BCUT2D eigenvalue weighted by Gasteiger charge is 2.31. The molecule has 0 aliphatic carbocycles. The predicted molar refractivity (Wildman–Crippen MR) is 90.0 cm³/mol. The van der Waals surface area contributed by atoms with E-state index in [9.17, 15) is 5.11 Å². The van der Waals surface area contributed by atoms with E-state index in [2.05, 4.69) is 46.7 Å². The Morgan fingerprint density at radius 3 is 2.70 bits per heavy atom. The molecule has 5 heteroatoms. The lowest BCUT2D eigenvalue weighted by Gasteiger charge is -2.35. The van der Waals surface area contributed by atoms with Crippen molar-refractivity contribution in [3.8, 4) is 11.3 Å². The number of ether oxygens (including phenoxy) is 1. The molecule has 0 atom stereocenters. The molecule has 1 fully saturated rings. The molecule has 2 aromatic rings. The molecule has 0 saturated carbocycles. The summed E-state index contributed by atoms with van der Waals surface area (Å²) in [5.41, 5.74) is 4.55. The van der Waals surface area contributed by atoms with Gasteiger partial charge >= 0.3 is 0 Å². The van der Waals surface area contributed by atoms with E-state index in [-0.39, 0.29) is 12.0 Å². The van der Waals surface area contributed by atoms with Gasteiger partial charge in [-0.25, -0.2) is 0 Å². The average molecular weight is 315 g/mol. The Kier molecular flexibility index (Phi) is 5.10. The van der Waals surface area contributed by atoms with E-state index in [0.29, 0.717) is 0 Å². The molecule has 1 aromatic heterocycles. The van der Waals surface area contributed by atoms with Crippen molar-refractivity contribution in [2.45, 2.75) is 26.3 Å². The minimum absolute atomic E-state index is 0.0496. The van der Waals surface area contributed by atoms with Gasteiger partial charge in [0.25, 0.3) is 0 Å². The van der Waals surface area contributed by atoms with Gasteiger partial charge in [0.2, 0.25) is 0 Å². The van der Waals surface area contributed by atoms with Crippen molar-refractivity contribution in [1.29, 1.82) is 0 Å². The molecule has 1 saturated heterocycles. The fraction of sp³-hybridized carbons (Fsp3) is 0.500. The lowest BCUT2D eigenvalue weighted by Crippen LogP contribution is -2.41. The number of rotatable bonds is 6. The molecule has 1 aromatic carbocycles. The van der Waals surface area contributed by atoms with Crippen molar-refractivity contribution >= 4 is 0 Å². The molecule has 23 heavy (non-hydrogen) atoms. The van der Waals surface area contributed by atoms with Crippen LogP contribution in [0.25, 0.3) is 11.3 Å². The van der Waals surface area contributed by atoms with E-state index < -0.39 is 0 Å². The van der Waals surface area contributed by atoms with Gasteiger partial charge in [0, 0.05) is 37.3 Å². The van der Waals surface area contributed by atoms with Gasteiger partial charge in [0.05, 0.1) is 18.5 Å². The zero-order valence-electron chi connectivity index (χ0n) is 13.6. The van der Waals surface area contributed by atoms with E-state index in [0.717, 1.165) is 56.0 Å². The summed E-state index contributed by atoms with van der Waals surface area (Å²) in [6, 6.07) is 8.44. The van der Waals surface area contributed by atoms with Crippen LogP contribution in [0.15, 0.2) is 30.5 Å². The summed E-state index contributed by atoms with van der Waals surface area (Å²) >= 11 is 0. The van der Waals surface area contributed by atoms with Gasteiger partial charge in [0.15, 0.2) is 0 Å². The number of hydrogen-bond donors (Lipinski definition) is 3. The fourth-order valence-electron chi connectivity index (χ4n) is 3.07. The Hall–Kier alpha value is -1.69. The molecule has 5 nitrogen and oxygen atoms in total. The topological polar surface area (TPSA) is 70.2 Å². The third kappa shape index (κ3) is 3.80. The largest absolute Gasteiger partial charge is 0.396 e. The first kappa shape index (κ1) is 16.2. The number of aliphatic hydroxyl groups excluding tert-OH is 1. The minimum atomic E-state index is -0.0496. The second-order valence-corrected chi connectivity index (χ2v) is 6.51. The summed E-state index contributed by atoms with van der Waals surface area (Å²) in [7, 11) is 0. The lowest BCUT2D eigenvalue weighted by molar-refractivity contribution is -0.0154. The molecule has 1 aliphatic rings. The van der Waals surface area contributed by atoms with Crippen LogP contribution in [0.1, 0.15) is 24.0 Å². The van der Waals surface area contributed by atoms with Crippen LogP contribution < -0.4 is 5.32 Å². The third-order valence-corrected chi connectivity index (χ3v) is 4.76. The highest BCUT2D eigenvalue weighted by molar-refractivity contribution is 5.62. The molecule has 2 heterocycles. The van der Waals surface area contributed by atoms with Crippen LogP contribution in [0.5, 0.6) is 0 Å². The number of H-pyrrole nitrogens is 1. The summed E-state index contributed by atoms with van der Waals surface area (Å²) in [5.74, 6) is 0. The van der Waals surface area contributed by atoms with E-state index >= 15 is 0 Å². The number of aryl methyl sites for hydroxylation is 1. The number of aromatic amines is 1. The van der Waals surface area contributed by atoms with Gasteiger partial charge in [-0.1, -0.05) is 29.8 Å². The summed E-state index contributed by atoms with van der Waals surface area (Å²) in [6.07, 6.45) is 3.69. The maximum Gasteiger partial charge on any atom is 0.0695 e. The fourth-order valence-corrected chi connectivity index (χ4v) is 3.07. The molecule has 124 valence electrons. The maximum atomic E-state index is 9.74. The van der Waals surface area contributed by atoms with Crippen molar-refractivity contribution in [2.75, 3.05) is 26.4 Å². The monoisotopic (exact) mass is 315 g/mol. The van der Waals surface area contributed by atoms with Gasteiger partial charge in [-0.2, -0.15) is 5.10 Å². The molecule has 0 amide bonds. The smallest absolute Gasteiger partial charge is 0.0695 e. The minimum Gasteiger partial charge on any atom is -0.396 e. The molecule has 3 N–H and O–H groups in total. The van der Waals surface area contributed by atoms with Crippen molar-refractivity contribution in [2.24, 2.45) is 5.41 Å². The predicted octanol–water partition coefficient (Wildman–Crippen LogP) is 2.26. The highest BCUT2D eigenvalue weighted by Crippen LogP contribution is 2.29. The van der Waals surface area contributed by atoms with Crippen LogP contribution in [0, 0.1) is 12.3 Å². The van der Waals surface area contributed by atoms with Gasteiger partial charge in [-0.3, -0.25) is 5.10 Å². The summed E-state index contributed by atoms with van der Waals surface area (Å²) in [6.45, 7) is 5.31. The number of nitrogens with zero attached hydrogens (tertiary/aromatic N) is 1. The number of aromatic nitrogens is 2. The van der Waals surface area contributed by atoms with Crippen molar-refractivity contribution in [3.63, 3.8) is 0 Å². The van der Waals surface area contributed by atoms with Crippen LogP contribution in [-0.2, 0) is 11.3 Å². The van der Waals surface area contributed by atoms with Crippen molar-refractivity contribution in [1.82, 2.24) is 15.5 Å². The zero-order chi connectivity index (χ0) is 16.1. The second kappa shape index (κ2) is 7.25. The molecule has 0 bridgehead atoms. The van der Waals surface area contributed by atoms with E-state index in [1.807, 2.05) is 6.20 Å². The first-order valence-corrected chi connectivity index (χ1v) is 8.21. The molecular weight excluding hydrogens is 290 g/mol. The van der Waals surface area contributed by atoms with Gasteiger partial charge in [-0.15, -0.1) is 0 Å². The third-order valence-electron chi connectivity index (χ3n) is 4.76. The Morgan fingerprint density at radius 2 is 2.00 bits per heavy atom. The van der Waals surface area contributed by atoms with E-state index in [1.165, 1.54) is 5.56 Å². The summed E-state index contributed by atoms with van der Waals surface area (Å²) in [5, 5.41) is 20.5. The van der Waals surface area contributed by atoms with Gasteiger partial charge < -0.3 is 15.2 Å². The zero-order valence-corrected chi connectivity index (χ0v) is 13.6. The number of hydrogen-bond acceptors (Lipinski definition) is 4. The van der Waals surface area contributed by atoms with Crippen LogP contribution in [0.4, 0.5) is 0 Å². The molecule has 0 unspecified atom stereocenters. The number of aliphatic hydroxyl groups is 1. The van der Waals surface area contributed by atoms with Crippen molar-refractivity contribution in [3.05, 3.63) is 41.6 Å². The first-order valence-electron chi connectivity index (χ1n) is 8.21. The Morgan fingerprint density at radius 1 is 1.26 bits per heavy atom. The van der Waals surface area contributed by atoms with E-state index in [1.54, 1.807) is 0 Å². The van der Waals surface area contributed by atoms with E-state index in [4.69, 9.17) is 4.74 Å². The van der Waals surface area contributed by atoms with Crippen molar-refractivity contribution < 1.29 is 9.84 Å². The lowest BCUT2D eigenvalue weighted by atomic mass is 9.81. The van der Waals surface area contributed by atoms with Crippen LogP contribution in [-0.4, -0.2) is 41.7 Å². The van der Waals surface area contributed by atoms with Gasteiger partial charge in [-0.05, 0) is 25.3 Å². The molecule has 1 aliphatic heterocycles. The second-order valence-electron chi connectivity index (χ2n) is 6.51. The van der Waals surface area contributed by atoms with Crippen LogP contribution in [0.3, 0.4) is 0 Å². The number of benzene rings is 1. The quantitative estimate of drug-likeness (QED) is 0.765. The number of nitrogens with one attached hydrogen (secondary N) is 2. The SMILES string of the molecule is Cc1ccc(-c2[nH]ncc2CNCC2(CO)CCOCC2)cc1. The molecule has 0 spiro atoms. The molecule has 0 radical (unpaired) electrons.